The highest BCUT2D eigenvalue weighted by atomic mass is 16.6. The second-order valence-corrected chi connectivity index (χ2v) is 8.70. The van der Waals surface area contributed by atoms with E-state index in [0.717, 1.165) is 29.4 Å². The number of pyridine rings is 1. The van der Waals surface area contributed by atoms with Gasteiger partial charge in [0.25, 0.3) is 5.56 Å². The third-order valence-electron chi connectivity index (χ3n) is 5.34. The maximum atomic E-state index is 13.6. The summed E-state index contributed by atoms with van der Waals surface area (Å²) in [7, 11) is 0. The number of amides is 1. The number of phenolic OH excluding ortho intramolecular Hbond substituents is 1. The molecule has 2 aromatic carbocycles. The van der Waals surface area contributed by atoms with Crippen molar-refractivity contribution in [1.29, 1.82) is 0 Å². The van der Waals surface area contributed by atoms with Crippen molar-refractivity contribution in [2.24, 2.45) is 0 Å². The third kappa shape index (κ3) is 3.43. The van der Waals surface area contributed by atoms with Crippen LogP contribution in [0.5, 0.6) is 5.75 Å². The molecule has 2 N–H and O–H groups in total. The van der Waals surface area contributed by atoms with E-state index in [1.807, 2.05) is 64.1 Å². The average molecular weight is 406 g/mol. The van der Waals surface area contributed by atoms with Crippen LogP contribution in [0.4, 0.5) is 4.79 Å². The lowest BCUT2D eigenvalue weighted by atomic mass is 10.00. The fraction of sp³-hybridized carbons (Fsp3) is 0.333. The van der Waals surface area contributed by atoms with Crippen LogP contribution < -0.4 is 10.9 Å². The molecule has 1 amide bonds. The summed E-state index contributed by atoms with van der Waals surface area (Å²) < 4.78 is 7.03. The van der Waals surface area contributed by atoms with Gasteiger partial charge >= 0.3 is 6.09 Å². The van der Waals surface area contributed by atoms with E-state index in [0.29, 0.717) is 16.8 Å². The summed E-state index contributed by atoms with van der Waals surface area (Å²) in [4.78, 5) is 26.0. The largest absolute Gasteiger partial charge is 0.507 e. The van der Waals surface area contributed by atoms with Gasteiger partial charge < -0.3 is 15.2 Å². The van der Waals surface area contributed by atoms with Gasteiger partial charge in [0.1, 0.15) is 11.4 Å². The number of phenols is 1. The van der Waals surface area contributed by atoms with Crippen LogP contribution in [0.25, 0.3) is 16.5 Å². The van der Waals surface area contributed by atoms with E-state index in [1.165, 1.54) is 0 Å². The lowest BCUT2D eigenvalue weighted by Crippen LogP contribution is -2.36. The Balaban J connectivity index is 1.95. The first-order chi connectivity index (χ1) is 14.2. The summed E-state index contributed by atoms with van der Waals surface area (Å²) in [6, 6.07) is 12.3. The van der Waals surface area contributed by atoms with Crippen molar-refractivity contribution in [1.82, 2.24) is 9.88 Å². The third-order valence-corrected chi connectivity index (χ3v) is 5.34. The maximum absolute atomic E-state index is 13.6. The highest BCUT2D eigenvalue weighted by Gasteiger charge is 2.29. The fourth-order valence-electron chi connectivity index (χ4n) is 4.24. The summed E-state index contributed by atoms with van der Waals surface area (Å²) in [6.45, 7) is 7.27. The second-order valence-electron chi connectivity index (χ2n) is 8.70. The van der Waals surface area contributed by atoms with Gasteiger partial charge in [0.15, 0.2) is 0 Å². The number of carbonyl (C=O) groups excluding carboxylic acids is 1. The Kier molecular flexibility index (Phi) is 4.80. The average Bonchev–Trinajstić information content (AvgIpc) is 3.08. The SMILES string of the molecule is C[C@H](NC(=O)OC(C)(C)C)c1c2c3c(ccc(O)c3c(=O)n1-c1ccccc1)CC2. The van der Waals surface area contributed by atoms with Gasteiger partial charge in [-0.25, -0.2) is 4.79 Å². The summed E-state index contributed by atoms with van der Waals surface area (Å²) in [5, 5.41) is 14.5. The second kappa shape index (κ2) is 7.20. The highest BCUT2D eigenvalue weighted by molar-refractivity contribution is 5.95. The molecule has 6 heteroatoms. The van der Waals surface area contributed by atoms with Crippen LogP contribution in [0.3, 0.4) is 0 Å². The van der Waals surface area contributed by atoms with E-state index in [-0.39, 0.29) is 11.3 Å². The summed E-state index contributed by atoms with van der Waals surface area (Å²) in [5.41, 5.74) is 2.50. The van der Waals surface area contributed by atoms with Crippen molar-refractivity contribution in [3.05, 3.63) is 69.6 Å². The van der Waals surface area contributed by atoms with Crippen molar-refractivity contribution < 1.29 is 14.6 Å². The molecule has 6 nitrogen and oxygen atoms in total. The molecule has 4 rings (SSSR count). The number of ether oxygens (including phenoxy) is 1. The number of carbonyl (C=O) groups is 1. The molecule has 0 bridgehead atoms. The maximum Gasteiger partial charge on any atom is 0.408 e. The molecule has 1 heterocycles. The number of aromatic hydroxyl groups is 1. The van der Waals surface area contributed by atoms with Gasteiger partial charge in [-0.15, -0.1) is 0 Å². The Hall–Kier alpha value is -3.28. The number of benzene rings is 2. The molecule has 0 fully saturated rings. The van der Waals surface area contributed by atoms with Crippen molar-refractivity contribution >= 4 is 16.9 Å². The molecule has 0 aliphatic heterocycles. The predicted octanol–water partition coefficient (Wildman–Crippen LogP) is 4.38. The molecule has 3 aromatic rings. The lowest BCUT2D eigenvalue weighted by Gasteiger charge is -2.25. The molecule has 1 aromatic heterocycles. The Labute approximate surface area is 175 Å². The number of aryl methyl sites for hydroxylation is 2. The molecule has 156 valence electrons. The first-order valence-corrected chi connectivity index (χ1v) is 10.1. The minimum absolute atomic E-state index is 0.0223. The Morgan fingerprint density at radius 2 is 1.80 bits per heavy atom. The molecule has 30 heavy (non-hydrogen) atoms. The molecular formula is C24H26N2O4. The van der Waals surface area contributed by atoms with Crippen LogP contribution in [0.2, 0.25) is 0 Å². The number of para-hydroxylation sites is 1. The molecule has 0 saturated heterocycles. The quantitative estimate of drug-likeness (QED) is 0.676. The van der Waals surface area contributed by atoms with Gasteiger partial charge in [0.2, 0.25) is 0 Å². The number of hydrogen-bond donors (Lipinski definition) is 2. The van der Waals surface area contributed by atoms with E-state index in [2.05, 4.69) is 5.32 Å². The van der Waals surface area contributed by atoms with Gasteiger partial charge in [-0.05, 0) is 75.2 Å². The molecule has 0 unspecified atom stereocenters. The zero-order valence-corrected chi connectivity index (χ0v) is 17.7. The molecule has 1 aliphatic rings. The molecule has 1 atom stereocenters. The zero-order valence-electron chi connectivity index (χ0n) is 17.7. The van der Waals surface area contributed by atoms with Crippen LogP contribution >= 0.6 is 0 Å². The minimum atomic E-state index is -0.623. The van der Waals surface area contributed by atoms with E-state index in [1.54, 1.807) is 10.6 Å². The normalized spacial score (nSPS) is 14.0. The Bertz CT molecular complexity index is 1190. The summed E-state index contributed by atoms with van der Waals surface area (Å²) >= 11 is 0. The molecule has 0 spiro atoms. The number of aromatic nitrogens is 1. The fourth-order valence-corrected chi connectivity index (χ4v) is 4.24. The predicted molar refractivity (Wildman–Crippen MR) is 116 cm³/mol. The zero-order chi connectivity index (χ0) is 21.6. The van der Waals surface area contributed by atoms with Crippen LogP contribution in [-0.2, 0) is 17.6 Å². The molecule has 1 aliphatic carbocycles. The number of hydrogen-bond acceptors (Lipinski definition) is 4. The van der Waals surface area contributed by atoms with E-state index >= 15 is 0 Å². The minimum Gasteiger partial charge on any atom is -0.507 e. The highest BCUT2D eigenvalue weighted by Crippen LogP contribution is 2.38. The van der Waals surface area contributed by atoms with Crippen molar-refractivity contribution in [2.75, 3.05) is 0 Å². The lowest BCUT2D eigenvalue weighted by molar-refractivity contribution is 0.0506. The van der Waals surface area contributed by atoms with Crippen LogP contribution in [0, 0.1) is 0 Å². The number of nitrogens with zero attached hydrogens (tertiary/aromatic N) is 1. The van der Waals surface area contributed by atoms with Gasteiger partial charge in [-0.1, -0.05) is 24.3 Å². The number of alkyl carbamates (subject to hydrolysis) is 1. The first kappa shape index (κ1) is 20.0. The van der Waals surface area contributed by atoms with E-state index in [4.69, 9.17) is 4.74 Å². The monoisotopic (exact) mass is 406 g/mol. The van der Waals surface area contributed by atoms with Crippen molar-refractivity contribution in [2.45, 2.75) is 52.2 Å². The van der Waals surface area contributed by atoms with E-state index < -0.39 is 17.7 Å². The smallest absolute Gasteiger partial charge is 0.408 e. The van der Waals surface area contributed by atoms with Gasteiger partial charge in [0, 0.05) is 5.69 Å². The Morgan fingerprint density at radius 3 is 2.47 bits per heavy atom. The molecule has 0 radical (unpaired) electrons. The van der Waals surface area contributed by atoms with Crippen LogP contribution in [0.15, 0.2) is 47.3 Å². The van der Waals surface area contributed by atoms with Crippen LogP contribution in [-0.4, -0.2) is 21.4 Å². The standard InChI is InChI=1S/C24H26N2O4/c1-14(25-23(29)30-24(2,3)4)21-17-12-10-15-11-13-18(27)20(19(15)17)22(28)26(21)16-8-6-5-7-9-16/h5-9,11,13-14,27H,10,12H2,1-4H3,(H,25,29)/t14-/m0/s1. The van der Waals surface area contributed by atoms with E-state index in [9.17, 15) is 14.7 Å². The Morgan fingerprint density at radius 1 is 1.10 bits per heavy atom. The van der Waals surface area contributed by atoms with Gasteiger partial charge in [0.05, 0.1) is 17.1 Å². The first-order valence-electron chi connectivity index (χ1n) is 10.1. The van der Waals surface area contributed by atoms with Gasteiger partial charge in [-0.3, -0.25) is 9.36 Å². The summed E-state index contributed by atoms with van der Waals surface area (Å²) in [5.74, 6) is -0.0223. The number of nitrogens with one attached hydrogen (secondary N) is 1. The number of rotatable bonds is 3. The van der Waals surface area contributed by atoms with Crippen molar-refractivity contribution in [3.63, 3.8) is 0 Å². The van der Waals surface area contributed by atoms with Gasteiger partial charge in [-0.2, -0.15) is 0 Å². The topological polar surface area (TPSA) is 80.6 Å². The van der Waals surface area contributed by atoms with Crippen LogP contribution in [0.1, 0.15) is 50.6 Å². The molecular weight excluding hydrogens is 380 g/mol. The molecule has 0 saturated carbocycles. The summed E-state index contributed by atoms with van der Waals surface area (Å²) in [6.07, 6.45) is 0.984. The van der Waals surface area contributed by atoms with Crippen molar-refractivity contribution in [3.8, 4) is 11.4 Å².